The number of hydrogen-bond donors (Lipinski definition) is 1. The third kappa shape index (κ3) is 8.40. The number of hydrogen-bond acceptors (Lipinski definition) is 5. The predicted octanol–water partition coefficient (Wildman–Crippen LogP) is 5.14. The highest BCUT2D eigenvalue weighted by molar-refractivity contribution is 7.92. The van der Waals surface area contributed by atoms with Crippen LogP contribution in [0.3, 0.4) is 0 Å². The molecule has 1 N–H and O–H groups in total. The lowest BCUT2D eigenvalue weighted by molar-refractivity contribution is -0.140. The van der Waals surface area contributed by atoms with Gasteiger partial charge in [-0.3, -0.25) is 13.9 Å². The second-order valence-corrected chi connectivity index (χ2v) is 11.8. The summed E-state index contributed by atoms with van der Waals surface area (Å²) in [6, 6.07) is 8.32. The van der Waals surface area contributed by atoms with E-state index in [1.165, 1.54) is 24.1 Å². The van der Waals surface area contributed by atoms with E-state index < -0.39 is 28.5 Å². The third-order valence-electron chi connectivity index (χ3n) is 5.83. The molecule has 0 saturated heterocycles. The van der Waals surface area contributed by atoms with Gasteiger partial charge in [-0.1, -0.05) is 54.7 Å². The first-order valence-electron chi connectivity index (χ1n) is 11.7. The number of methoxy groups -OCH3 is 1. The van der Waals surface area contributed by atoms with Gasteiger partial charge in [0.05, 0.1) is 19.1 Å². The molecule has 12 heteroatoms. The van der Waals surface area contributed by atoms with Crippen LogP contribution in [0.2, 0.25) is 15.1 Å². The van der Waals surface area contributed by atoms with E-state index in [0.717, 1.165) is 10.6 Å². The van der Waals surface area contributed by atoms with Gasteiger partial charge in [-0.2, -0.15) is 0 Å². The van der Waals surface area contributed by atoms with Gasteiger partial charge >= 0.3 is 0 Å². The molecule has 2 rings (SSSR count). The second-order valence-electron chi connectivity index (χ2n) is 8.59. The van der Waals surface area contributed by atoms with Crippen LogP contribution in [0.5, 0.6) is 5.75 Å². The highest BCUT2D eigenvalue weighted by Gasteiger charge is 2.33. The SMILES string of the molecule is CC[C@@H](C)NC(=O)[C@H](CC)N(Cc1ccc(Cl)cc1Cl)C(=O)CN(c1cc(Cl)ccc1OC)S(C)(=O)=O. The molecule has 2 atom stereocenters. The van der Waals surface area contributed by atoms with E-state index in [1.54, 1.807) is 31.2 Å². The summed E-state index contributed by atoms with van der Waals surface area (Å²) in [6.07, 6.45) is 1.97. The minimum absolute atomic E-state index is 0.0362. The van der Waals surface area contributed by atoms with Crippen molar-refractivity contribution in [3.05, 3.63) is 57.0 Å². The summed E-state index contributed by atoms with van der Waals surface area (Å²) in [5, 5.41) is 3.91. The topological polar surface area (TPSA) is 96.0 Å². The Morgan fingerprint density at radius 1 is 1.03 bits per heavy atom. The van der Waals surface area contributed by atoms with Crippen LogP contribution in [0.4, 0.5) is 5.69 Å². The lowest BCUT2D eigenvalue weighted by Gasteiger charge is -2.33. The lowest BCUT2D eigenvalue weighted by Crippen LogP contribution is -2.53. The Balaban J connectivity index is 2.55. The minimum Gasteiger partial charge on any atom is -0.495 e. The number of benzene rings is 2. The third-order valence-corrected chi connectivity index (χ3v) is 7.78. The number of amides is 2. The second kappa shape index (κ2) is 13.6. The zero-order valence-corrected chi connectivity index (χ0v) is 24.5. The summed E-state index contributed by atoms with van der Waals surface area (Å²) < 4.78 is 31.9. The van der Waals surface area contributed by atoms with Crippen LogP contribution in [0, 0.1) is 0 Å². The van der Waals surface area contributed by atoms with Gasteiger partial charge in [0, 0.05) is 27.7 Å². The van der Waals surface area contributed by atoms with Gasteiger partial charge in [-0.05, 0) is 55.7 Å². The molecule has 0 aliphatic rings. The highest BCUT2D eigenvalue weighted by atomic mass is 35.5. The molecule has 0 aliphatic carbocycles. The van der Waals surface area contributed by atoms with Crippen molar-refractivity contribution < 1.29 is 22.7 Å². The zero-order chi connectivity index (χ0) is 27.9. The molecule has 0 aliphatic heterocycles. The Bertz CT molecular complexity index is 1230. The molecule has 2 amide bonds. The van der Waals surface area contributed by atoms with Gasteiger partial charge in [-0.15, -0.1) is 0 Å². The summed E-state index contributed by atoms with van der Waals surface area (Å²) in [4.78, 5) is 28.3. The predicted molar refractivity (Wildman–Crippen MR) is 149 cm³/mol. The van der Waals surface area contributed by atoms with Crippen molar-refractivity contribution in [1.29, 1.82) is 0 Å². The maximum Gasteiger partial charge on any atom is 0.244 e. The normalized spacial score (nSPS) is 13.0. The summed E-state index contributed by atoms with van der Waals surface area (Å²) in [5.74, 6) is -0.734. The van der Waals surface area contributed by atoms with Crippen molar-refractivity contribution in [1.82, 2.24) is 10.2 Å². The zero-order valence-electron chi connectivity index (χ0n) is 21.4. The molecule has 8 nitrogen and oxygen atoms in total. The van der Waals surface area contributed by atoms with Crippen LogP contribution in [0.25, 0.3) is 0 Å². The minimum atomic E-state index is -3.96. The van der Waals surface area contributed by atoms with Gasteiger partial charge in [0.1, 0.15) is 18.3 Å². The quantitative estimate of drug-likeness (QED) is 0.368. The van der Waals surface area contributed by atoms with E-state index >= 15 is 0 Å². The molecule has 204 valence electrons. The van der Waals surface area contributed by atoms with Gasteiger partial charge < -0.3 is 15.0 Å². The van der Waals surface area contributed by atoms with E-state index in [2.05, 4.69) is 5.32 Å². The van der Waals surface area contributed by atoms with Gasteiger partial charge in [0.2, 0.25) is 21.8 Å². The van der Waals surface area contributed by atoms with Gasteiger partial charge in [-0.25, -0.2) is 8.42 Å². The van der Waals surface area contributed by atoms with Crippen molar-refractivity contribution in [2.75, 3.05) is 24.2 Å². The van der Waals surface area contributed by atoms with E-state index in [-0.39, 0.29) is 35.0 Å². The molecule has 37 heavy (non-hydrogen) atoms. The van der Waals surface area contributed by atoms with Crippen LogP contribution in [-0.2, 0) is 26.2 Å². The maximum atomic E-state index is 13.8. The maximum absolute atomic E-state index is 13.8. The Hall–Kier alpha value is -2.20. The molecule has 0 saturated carbocycles. The molecule has 0 bridgehead atoms. The van der Waals surface area contributed by atoms with E-state index in [9.17, 15) is 18.0 Å². The number of rotatable bonds is 12. The monoisotopic (exact) mass is 591 g/mol. The molecular formula is C25H32Cl3N3O5S. The summed E-state index contributed by atoms with van der Waals surface area (Å²) in [5.41, 5.74) is 0.660. The lowest BCUT2D eigenvalue weighted by atomic mass is 10.1. The van der Waals surface area contributed by atoms with Crippen molar-refractivity contribution in [3.8, 4) is 5.75 Å². The number of nitrogens with one attached hydrogen (secondary N) is 1. The van der Waals surface area contributed by atoms with Gasteiger partial charge in [0.25, 0.3) is 0 Å². The smallest absolute Gasteiger partial charge is 0.244 e. The fourth-order valence-electron chi connectivity index (χ4n) is 3.65. The first kappa shape index (κ1) is 31.0. The number of nitrogens with zero attached hydrogens (tertiary/aromatic N) is 2. The van der Waals surface area contributed by atoms with Crippen molar-refractivity contribution in [2.24, 2.45) is 0 Å². The molecule has 0 radical (unpaired) electrons. The number of ether oxygens (including phenoxy) is 1. The first-order chi connectivity index (χ1) is 17.3. The first-order valence-corrected chi connectivity index (χ1v) is 14.7. The number of sulfonamides is 1. The number of carbonyl (C=O) groups excluding carboxylic acids is 2. The molecule has 0 heterocycles. The van der Waals surface area contributed by atoms with Gasteiger partial charge in [0.15, 0.2) is 0 Å². The Morgan fingerprint density at radius 3 is 2.19 bits per heavy atom. The number of carbonyl (C=O) groups is 2. The molecular weight excluding hydrogens is 561 g/mol. The molecule has 2 aromatic rings. The van der Waals surface area contributed by atoms with E-state index in [4.69, 9.17) is 39.5 Å². The van der Waals surface area contributed by atoms with Crippen LogP contribution >= 0.6 is 34.8 Å². The largest absolute Gasteiger partial charge is 0.495 e. The summed E-state index contributed by atoms with van der Waals surface area (Å²) in [6.45, 7) is 4.95. The Morgan fingerprint density at radius 2 is 1.65 bits per heavy atom. The Kier molecular flexibility index (Phi) is 11.4. The van der Waals surface area contributed by atoms with E-state index in [1.807, 2.05) is 13.8 Å². The van der Waals surface area contributed by atoms with Crippen LogP contribution in [0.15, 0.2) is 36.4 Å². The fraction of sp³-hybridized carbons (Fsp3) is 0.440. The average Bonchev–Trinajstić information content (AvgIpc) is 2.82. The molecule has 0 unspecified atom stereocenters. The standard InChI is InChI=1S/C25H32Cl3N3O5S/c1-6-16(3)29-25(33)21(7-2)30(14-17-8-9-18(26)12-20(17)28)24(32)15-31(37(5,34)35)22-13-19(27)10-11-23(22)36-4/h8-13,16,21H,6-7,14-15H2,1-5H3,(H,29,33)/t16-,21+/m1/s1. The molecule has 0 fully saturated rings. The van der Waals surface area contributed by atoms with Crippen LogP contribution < -0.4 is 14.4 Å². The summed E-state index contributed by atoms with van der Waals surface area (Å²) in [7, 11) is -2.57. The molecule has 2 aromatic carbocycles. The number of anilines is 1. The van der Waals surface area contributed by atoms with Crippen molar-refractivity contribution >= 4 is 62.3 Å². The number of halogens is 3. The van der Waals surface area contributed by atoms with Crippen molar-refractivity contribution in [2.45, 2.75) is 52.2 Å². The average molecular weight is 593 g/mol. The van der Waals surface area contributed by atoms with Crippen molar-refractivity contribution in [3.63, 3.8) is 0 Å². The van der Waals surface area contributed by atoms with E-state index in [0.29, 0.717) is 28.5 Å². The van der Waals surface area contributed by atoms with Crippen LogP contribution in [-0.4, -0.2) is 57.1 Å². The fourth-order valence-corrected chi connectivity index (χ4v) is 5.13. The molecule has 0 spiro atoms. The molecule has 0 aromatic heterocycles. The highest BCUT2D eigenvalue weighted by Crippen LogP contribution is 2.33. The Labute approximate surface area is 233 Å². The van der Waals surface area contributed by atoms with Crippen LogP contribution in [0.1, 0.15) is 39.2 Å². The summed E-state index contributed by atoms with van der Waals surface area (Å²) >= 11 is 18.5.